The lowest BCUT2D eigenvalue weighted by atomic mass is 9.72. The summed E-state index contributed by atoms with van der Waals surface area (Å²) in [7, 11) is 0. The summed E-state index contributed by atoms with van der Waals surface area (Å²) < 4.78 is 5.46. The standard InChI is InChI=1S/C14H27NO2/c1-11-4-3-5-12(8-11)14(2,16)9-13-10-17-7-6-15-13/h11-13,15-16H,3-10H2,1-2H3. The summed E-state index contributed by atoms with van der Waals surface area (Å²) in [5.74, 6) is 1.24. The first-order valence-corrected chi connectivity index (χ1v) is 7.11. The first-order chi connectivity index (χ1) is 8.08. The number of ether oxygens (including phenoxy) is 1. The van der Waals surface area contributed by atoms with E-state index in [9.17, 15) is 5.11 Å². The Hall–Kier alpha value is -0.120. The van der Waals surface area contributed by atoms with Gasteiger partial charge in [-0.2, -0.15) is 0 Å². The average molecular weight is 241 g/mol. The summed E-state index contributed by atoms with van der Waals surface area (Å²) in [5.41, 5.74) is -0.535. The van der Waals surface area contributed by atoms with Crippen molar-refractivity contribution >= 4 is 0 Å². The van der Waals surface area contributed by atoms with Crippen LogP contribution >= 0.6 is 0 Å². The molecule has 1 aliphatic heterocycles. The summed E-state index contributed by atoms with van der Waals surface area (Å²) in [6.45, 7) is 6.80. The van der Waals surface area contributed by atoms with Crippen LogP contribution in [-0.2, 0) is 4.74 Å². The number of aliphatic hydroxyl groups is 1. The molecule has 0 aromatic heterocycles. The summed E-state index contributed by atoms with van der Waals surface area (Å²) in [4.78, 5) is 0. The molecule has 100 valence electrons. The Kier molecular flexibility index (Phi) is 4.45. The smallest absolute Gasteiger partial charge is 0.0663 e. The van der Waals surface area contributed by atoms with E-state index in [0.717, 1.165) is 32.1 Å². The maximum atomic E-state index is 10.7. The highest BCUT2D eigenvalue weighted by molar-refractivity contribution is 4.90. The molecule has 17 heavy (non-hydrogen) atoms. The van der Waals surface area contributed by atoms with Crippen molar-refractivity contribution in [1.82, 2.24) is 5.32 Å². The molecule has 1 saturated heterocycles. The first kappa shape index (κ1) is 13.3. The van der Waals surface area contributed by atoms with Crippen LogP contribution in [0, 0.1) is 11.8 Å². The Morgan fingerprint density at radius 3 is 2.88 bits per heavy atom. The van der Waals surface area contributed by atoms with Crippen LogP contribution in [0.1, 0.15) is 46.0 Å². The second-order valence-electron chi connectivity index (χ2n) is 6.26. The van der Waals surface area contributed by atoms with Gasteiger partial charge >= 0.3 is 0 Å². The van der Waals surface area contributed by atoms with Gasteiger partial charge in [0, 0.05) is 12.6 Å². The van der Waals surface area contributed by atoms with Crippen LogP contribution in [0.4, 0.5) is 0 Å². The van der Waals surface area contributed by atoms with Gasteiger partial charge in [0.05, 0.1) is 18.8 Å². The van der Waals surface area contributed by atoms with Gasteiger partial charge in [0.2, 0.25) is 0 Å². The van der Waals surface area contributed by atoms with Crippen molar-refractivity contribution in [2.24, 2.45) is 11.8 Å². The highest BCUT2D eigenvalue weighted by Crippen LogP contribution is 2.37. The lowest BCUT2D eigenvalue weighted by Crippen LogP contribution is -2.49. The topological polar surface area (TPSA) is 41.5 Å². The van der Waals surface area contributed by atoms with E-state index in [1.165, 1.54) is 25.7 Å². The van der Waals surface area contributed by atoms with E-state index < -0.39 is 5.60 Å². The quantitative estimate of drug-likeness (QED) is 0.793. The maximum Gasteiger partial charge on any atom is 0.0663 e. The molecule has 1 heterocycles. The fourth-order valence-corrected chi connectivity index (χ4v) is 3.42. The van der Waals surface area contributed by atoms with E-state index in [2.05, 4.69) is 12.2 Å². The highest BCUT2D eigenvalue weighted by atomic mass is 16.5. The van der Waals surface area contributed by atoms with Gasteiger partial charge < -0.3 is 15.2 Å². The minimum atomic E-state index is -0.535. The normalized spacial score (nSPS) is 38.6. The molecular formula is C14H27NO2. The lowest BCUT2D eigenvalue weighted by molar-refractivity contribution is -0.0511. The average Bonchev–Trinajstić information content (AvgIpc) is 2.30. The molecule has 1 saturated carbocycles. The van der Waals surface area contributed by atoms with Crippen molar-refractivity contribution < 1.29 is 9.84 Å². The van der Waals surface area contributed by atoms with E-state index >= 15 is 0 Å². The van der Waals surface area contributed by atoms with Crippen molar-refractivity contribution in [3.8, 4) is 0 Å². The molecule has 2 fully saturated rings. The van der Waals surface area contributed by atoms with Gasteiger partial charge in [0.1, 0.15) is 0 Å². The van der Waals surface area contributed by atoms with Crippen LogP contribution < -0.4 is 5.32 Å². The zero-order valence-electron chi connectivity index (χ0n) is 11.2. The molecular weight excluding hydrogens is 214 g/mol. The number of rotatable bonds is 3. The fourth-order valence-electron chi connectivity index (χ4n) is 3.42. The molecule has 2 rings (SSSR count). The van der Waals surface area contributed by atoms with E-state index in [0.29, 0.717) is 12.0 Å². The van der Waals surface area contributed by atoms with Gasteiger partial charge in [-0.1, -0.05) is 19.8 Å². The third-order valence-corrected chi connectivity index (χ3v) is 4.47. The SMILES string of the molecule is CC1CCCC(C(C)(O)CC2COCCN2)C1. The van der Waals surface area contributed by atoms with Gasteiger partial charge in [-0.15, -0.1) is 0 Å². The molecule has 1 aliphatic carbocycles. The molecule has 0 aromatic rings. The zero-order valence-corrected chi connectivity index (χ0v) is 11.2. The molecule has 3 heteroatoms. The van der Waals surface area contributed by atoms with E-state index in [1.54, 1.807) is 0 Å². The third-order valence-electron chi connectivity index (χ3n) is 4.47. The van der Waals surface area contributed by atoms with Gasteiger partial charge in [0.15, 0.2) is 0 Å². The molecule has 4 atom stereocenters. The second kappa shape index (κ2) is 5.68. The predicted octanol–water partition coefficient (Wildman–Crippen LogP) is 1.94. The van der Waals surface area contributed by atoms with E-state index in [1.807, 2.05) is 6.92 Å². The van der Waals surface area contributed by atoms with Crippen LogP contribution in [0.5, 0.6) is 0 Å². The molecule has 2 aliphatic rings. The summed E-state index contributed by atoms with van der Waals surface area (Å²) in [6.07, 6.45) is 5.80. The molecule has 0 amide bonds. The summed E-state index contributed by atoms with van der Waals surface area (Å²) >= 11 is 0. The Bertz CT molecular complexity index is 236. The van der Waals surface area contributed by atoms with Crippen LogP contribution in [0.25, 0.3) is 0 Å². The Labute approximate surface area is 105 Å². The number of morpholine rings is 1. The monoisotopic (exact) mass is 241 g/mol. The largest absolute Gasteiger partial charge is 0.390 e. The van der Waals surface area contributed by atoms with Gasteiger partial charge in [-0.3, -0.25) is 0 Å². The van der Waals surface area contributed by atoms with Gasteiger partial charge in [0.25, 0.3) is 0 Å². The summed E-state index contributed by atoms with van der Waals surface area (Å²) in [5, 5.41) is 14.2. The molecule has 0 spiro atoms. The zero-order chi connectivity index (χ0) is 12.3. The van der Waals surface area contributed by atoms with Crippen LogP contribution in [0.15, 0.2) is 0 Å². The van der Waals surface area contributed by atoms with Crippen molar-refractivity contribution in [2.75, 3.05) is 19.8 Å². The van der Waals surface area contributed by atoms with Crippen molar-refractivity contribution in [3.63, 3.8) is 0 Å². The Morgan fingerprint density at radius 2 is 2.24 bits per heavy atom. The maximum absolute atomic E-state index is 10.7. The fraction of sp³-hybridized carbons (Fsp3) is 1.00. The first-order valence-electron chi connectivity index (χ1n) is 7.11. The third kappa shape index (κ3) is 3.67. The minimum absolute atomic E-state index is 0.330. The molecule has 3 nitrogen and oxygen atoms in total. The molecule has 0 bridgehead atoms. The van der Waals surface area contributed by atoms with Crippen molar-refractivity contribution in [2.45, 2.75) is 57.6 Å². The molecule has 4 unspecified atom stereocenters. The van der Waals surface area contributed by atoms with Crippen molar-refractivity contribution in [3.05, 3.63) is 0 Å². The van der Waals surface area contributed by atoms with E-state index in [4.69, 9.17) is 4.74 Å². The van der Waals surface area contributed by atoms with Crippen LogP contribution in [-0.4, -0.2) is 36.5 Å². The Balaban J connectivity index is 1.87. The highest BCUT2D eigenvalue weighted by Gasteiger charge is 2.36. The minimum Gasteiger partial charge on any atom is -0.390 e. The number of nitrogens with one attached hydrogen (secondary N) is 1. The Morgan fingerprint density at radius 1 is 1.41 bits per heavy atom. The van der Waals surface area contributed by atoms with Gasteiger partial charge in [-0.05, 0) is 38.0 Å². The number of hydrogen-bond donors (Lipinski definition) is 2. The molecule has 2 N–H and O–H groups in total. The predicted molar refractivity (Wildman–Crippen MR) is 69.0 cm³/mol. The lowest BCUT2D eigenvalue weighted by Gasteiger charge is -2.40. The van der Waals surface area contributed by atoms with Crippen LogP contribution in [0.2, 0.25) is 0 Å². The summed E-state index contributed by atoms with van der Waals surface area (Å²) in [6, 6.07) is 0.330. The molecule has 0 radical (unpaired) electrons. The van der Waals surface area contributed by atoms with E-state index in [-0.39, 0.29) is 0 Å². The number of hydrogen-bond acceptors (Lipinski definition) is 3. The van der Waals surface area contributed by atoms with Crippen molar-refractivity contribution in [1.29, 1.82) is 0 Å². The molecule has 0 aromatic carbocycles. The second-order valence-corrected chi connectivity index (χ2v) is 6.26. The van der Waals surface area contributed by atoms with Crippen LogP contribution in [0.3, 0.4) is 0 Å². The van der Waals surface area contributed by atoms with Gasteiger partial charge in [-0.25, -0.2) is 0 Å².